The average molecular weight is 196 g/mol. The molecule has 0 radical (unpaired) electrons. The molecular weight excluding hydrogens is 181 g/mol. The van der Waals surface area contributed by atoms with E-state index in [4.69, 9.17) is 5.73 Å². The molecule has 2 nitrogen and oxygen atoms in total. The second-order valence-electron chi connectivity index (χ2n) is 3.04. The summed E-state index contributed by atoms with van der Waals surface area (Å²) in [4.78, 5) is 1.20. The SMILES string of the molecule is C=CC(N)CCN(C)CC(F)(F)F. The summed E-state index contributed by atoms with van der Waals surface area (Å²) >= 11 is 0. The number of rotatable bonds is 5. The average Bonchev–Trinajstić information content (AvgIpc) is 1.97. The number of hydrogen-bond acceptors (Lipinski definition) is 2. The van der Waals surface area contributed by atoms with Gasteiger partial charge in [-0.1, -0.05) is 6.08 Å². The van der Waals surface area contributed by atoms with Gasteiger partial charge in [-0.25, -0.2) is 0 Å². The Balaban J connectivity index is 3.63. The molecule has 0 saturated heterocycles. The van der Waals surface area contributed by atoms with Gasteiger partial charge in [-0.2, -0.15) is 13.2 Å². The van der Waals surface area contributed by atoms with Crippen LogP contribution in [0.1, 0.15) is 6.42 Å². The smallest absolute Gasteiger partial charge is 0.324 e. The minimum Gasteiger partial charge on any atom is -0.324 e. The van der Waals surface area contributed by atoms with Gasteiger partial charge in [0.1, 0.15) is 0 Å². The van der Waals surface area contributed by atoms with E-state index < -0.39 is 12.7 Å². The standard InChI is InChI=1S/C8H15F3N2/c1-3-7(12)4-5-13(2)6-8(9,10)11/h3,7H,1,4-6,12H2,2H3. The van der Waals surface area contributed by atoms with E-state index in [2.05, 4.69) is 6.58 Å². The summed E-state index contributed by atoms with van der Waals surface area (Å²) in [5, 5.41) is 0. The van der Waals surface area contributed by atoms with Crippen LogP contribution in [0.15, 0.2) is 12.7 Å². The van der Waals surface area contributed by atoms with Crippen LogP contribution in [-0.4, -0.2) is 37.3 Å². The van der Waals surface area contributed by atoms with Crippen LogP contribution in [0.4, 0.5) is 13.2 Å². The molecule has 0 aliphatic rings. The fraction of sp³-hybridized carbons (Fsp3) is 0.750. The molecule has 1 atom stereocenters. The van der Waals surface area contributed by atoms with Crippen LogP contribution < -0.4 is 5.73 Å². The topological polar surface area (TPSA) is 29.3 Å². The lowest BCUT2D eigenvalue weighted by molar-refractivity contribution is -0.143. The fourth-order valence-corrected chi connectivity index (χ4v) is 0.872. The van der Waals surface area contributed by atoms with E-state index in [-0.39, 0.29) is 6.04 Å². The van der Waals surface area contributed by atoms with Crippen LogP contribution >= 0.6 is 0 Å². The first-order valence-corrected chi connectivity index (χ1v) is 3.98. The summed E-state index contributed by atoms with van der Waals surface area (Å²) in [5.41, 5.74) is 5.46. The minimum atomic E-state index is -4.13. The van der Waals surface area contributed by atoms with E-state index in [9.17, 15) is 13.2 Å². The van der Waals surface area contributed by atoms with E-state index in [0.29, 0.717) is 13.0 Å². The third kappa shape index (κ3) is 7.80. The molecule has 0 rings (SSSR count). The Hall–Kier alpha value is -0.550. The maximum Gasteiger partial charge on any atom is 0.401 e. The summed E-state index contributed by atoms with van der Waals surface area (Å²) in [6.45, 7) is 2.88. The van der Waals surface area contributed by atoms with Crippen LogP contribution in [-0.2, 0) is 0 Å². The van der Waals surface area contributed by atoms with Crippen LogP contribution in [0.3, 0.4) is 0 Å². The van der Waals surface area contributed by atoms with E-state index >= 15 is 0 Å². The van der Waals surface area contributed by atoms with Crippen molar-refractivity contribution in [1.82, 2.24) is 4.90 Å². The highest BCUT2D eigenvalue weighted by Gasteiger charge is 2.28. The third-order valence-electron chi connectivity index (χ3n) is 1.60. The molecule has 0 spiro atoms. The molecule has 0 aromatic carbocycles. The second kappa shape index (κ2) is 5.24. The number of nitrogens with two attached hydrogens (primary N) is 1. The van der Waals surface area contributed by atoms with Crippen molar-refractivity contribution in [1.29, 1.82) is 0 Å². The highest BCUT2D eigenvalue weighted by molar-refractivity contribution is 4.82. The molecule has 0 saturated carbocycles. The molecule has 0 amide bonds. The lowest BCUT2D eigenvalue weighted by Crippen LogP contribution is -2.34. The van der Waals surface area contributed by atoms with Gasteiger partial charge in [0, 0.05) is 6.04 Å². The number of alkyl halides is 3. The highest BCUT2D eigenvalue weighted by Crippen LogP contribution is 2.15. The van der Waals surface area contributed by atoms with Gasteiger partial charge < -0.3 is 5.73 Å². The van der Waals surface area contributed by atoms with Crippen molar-refractivity contribution < 1.29 is 13.2 Å². The van der Waals surface area contributed by atoms with Crippen molar-refractivity contribution >= 4 is 0 Å². The fourth-order valence-electron chi connectivity index (χ4n) is 0.872. The molecule has 13 heavy (non-hydrogen) atoms. The predicted molar refractivity (Wildman–Crippen MR) is 46.3 cm³/mol. The van der Waals surface area contributed by atoms with Crippen LogP contribution in [0.25, 0.3) is 0 Å². The van der Waals surface area contributed by atoms with E-state index in [1.807, 2.05) is 0 Å². The van der Waals surface area contributed by atoms with Crippen molar-refractivity contribution in [2.24, 2.45) is 5.73 Å². The largest absolute Gasteiger partial charge is 0.401 e. The van der Waals surface area contributed by atoms with Gasteiger partial charge in [-0.15, -0.1) is 6.58 Å². The minimum absolute atomic E-state index is 0.226. The third-order valence-corrected chi connectivity index (χ3v) is 1.60. The summed E-state index contributed by atoms with van der Waals surface area (Å²) in [7, 11) is 1.42. The quantitative estimate of drug-likeness (QED) is 0.673. The summed E-state index contributed by atoms with van der Waals surface area (Å²) in [6, 6.07) is -0.226. The van der Waals surface area contributed by atoms with E-state index in [0.717, 1.165) is 0 Å². The molecule has 78 valence electrons. The number of halogens is 3. The molecule has 0 fully saturated rings. The summed E-state index contributed by atoms with van der Waals surface area (Å²) in [5.74, 6) is 0. The van der Waals surface area contributed by atoms with Gasteiger partial charge in [-0.3, -0.25) is 4.90 Å². The Kier molecular flexibility index (Phi) is 5.02. The molecule has 5 heteroatoms. The molecule has 0 aromatic rings. The van der Waals surface area contributed by atoms with Gasteiger partial charge in [0.15, 0.2) is 0 Å². The molecule has 1 unspecified atom stereocenters. The zero-order valence-electron chi connectivity index (χ0n) is 7.64. The normalized spacial score (nSPS) is 14.6. The number of nitrogens with zero attached hydrogens (tertiary/aromatic N) is 1. The zero-order chi connectivity index (χ0) is 10.5. The Bertz CT molecular complexity index is 156. The van der Waals surface area contributed by atoms with Crippen molar-refractivity contribution in [3.05, 3.63) is 12.7 Å². The van der Waals surface area contributed by atoms with Crippen molar-refractivity contribution in [2.45, 2.75) is 18.6 Å². The maximum absolute atomic E-state index is 11.8. The first kappa shape index (κ1) is 12.4. The lowest BCUT2D eigenvalue weighted by atomic mass is 10.2. The molecule has 0 aromatic heterocycles. The highest BCUT2D eigenvalue weighted by atomic mass is 19.4. The molecule has 0 aliphatic carbocycles. The monoisotopic (exact) mass is 196 g/mol. The molecule has 2 N–H and O–H groups in total. The molecule has 0 heterocycles. The first-order chi connectivity index (χ1) is 5.85. The molecule has 0 bridgehead atoms. The first-order valence-electron chi connectivity index (χ1n) is 3.98. The van der Waals surface area contributed by atoms with Gasteiger partial charge in [-0.05, 0) is 20.0 Å². The lowest BCUT2D eigenvalue weighted by Gasteiger charge is -2.19. The Morgan fingerprint density at radius 3 is 2.46 bits per heavy atom. The molecule has 0 aliphatic heterocycles. The maximum atomic E-state index is 11.8. The van der Waals surface area contributed by atoms with Crippen LogP contribution in [0, 0.1) is 0 Å². The Labute approximate surface area is 76.2 Å². The van der Waals surface area contributed by atoms with Crippen LogP contribution in [0.2, 0.25) is 0 Å². The second-order valence-corrected chi connectivity index (χ2v) is 3.04. The van der Waals surface area contributed by atoms with Gasteiger partial charge in [0.2, 0.25) is 0 Å². The van der Waals surface area contributed by atoms with Gasteiger partial charge in [0.25, 0.3) is 0 Å². The number of hydrogen-bond donors (Lipinski definition) is 1. The Morgan fingerprint density at radius 2 is 2.08 bits per heavy atom. The molecular formula is C8H15F3N2. The zero-order valence-corrected chi connectivity index (χ0v) is 7.64. The summed E-state index contributed by atoms with van der Waals surface area (Å²) in [6.07, 6.45) is -2.11. The van der Waals surface area contributed by atoms with E-state index in [1.54, 1.807) is 0 Å². The predicted octanol–water partition coefficient (Wildman–Crippen LogP) is 1.38. The van der Waals surface area contributed by atoms with Gasteiger partial charge >= 0.3 is 6.18 Å². The summed E-state index contributed by atoms with van der Waals surface area (Å²) < 4.78 is 35.5. The van der Waals surface area contributed by atoms with E-state index in [1.165, 1.54) is 18.0 Å². The van der Waals surface area contributed by atoms with Crippen molar-refractivity contribution in [3.63, 3.8) is 0 Å². The van der Waals surface area contributed by atoms with Crippen LogP contribution in [0.5, 0.6) is 0 Å². The Morgan fingerprint density at radius 1 is 1.54 bits per heavy atom. The van der Waals surface area contributed by atoms with Crippen molar-refractivity contribution in [3.8, 4) is 0 Å². The van der Waals surface area contributed by atoms with Crippen molar-refractivity contribution in [2.75, 3.05) is 20.1 Å². The van der Waals surface area contributed by atoms with Gasteiger partial charge in [0.05, 0.1) is 6.54 Å².